The van der Waals surface area contributed by atoms with E-state index in [9.17, 15) is 9.59 Å². The lowest BCUT2D eigenvalue weighted by atomic mass is 10.2. The van der Waals surface area contributed by atoms with Crippen molar-refractivity contribution in [2.75, 3.05) is 29.9 Å². The molecule has 5 rings (SSSR count). The molecule has 2 aromatic heterocycles. The van der Waals surface area contributed by atoms with Crippen molar-refractivity contribution in [3.63, 3.8) is 0 Å². The van der Waals surface area contributed by atoms with Gasteiger partial charge in [-0.05, 0) is 31.0 Å². The Balaban J connectivity index is 1.33. The van der Waals surface area contributed by atoms with Crippen molar-refractivity contribution in [1.82, 2.24) is 25.1 Å². The van der Waals surface area contributed by atoms with Gasteiger partial charge in [0.1, 0.15) is 0 Å². The minimum atomic E-state index is -0.242. The summed E-state index contributed by atoms with van der Waals surface area (Å²) < 4.78 is 2.02. The zero-order valence-corrected chi connectivity index (χ0v) is 16.3. The first kappa shape index (κ1) is 18.0. The molecule has 2 aliphatic heterocycles. The van der Waals surface area contributed by atoms with Crippen LogP contribution in [0.25, 0.3) is 11.0 Å². The standard InChI is InChI=1S/C20H25N7O2/c28-19(4-3-13-9-14-12-21-5-8-27(14)25-13)22-17-10-15-16(24-20(29)23-15)11-18(17)26-6-1-2-7-26/h9-11,21H,1-8,12H2,(H,22,28)(H2,23,24,29). The Labute approximate surface area is 167 Å². The summed E-state index contributed by atoms with van der Waals surface area (Å²) in [5.74, 6) is -0.0493. The van der Waals surface area contributed by atoms with E-state index in [0.717, 1.165) is 68.2 Å². The van der Waals surface area contributed by atoms with Gasteiger partial charge in [-0.1, -0.05) is 0 Å². The van der Waals surface area contributed by atoms with E-state index in [1.54, 1.807) is 0 Å². The number of rotatable bonds is 5. The first-order chi connectivity index (χ1) is 14.2. The molecule has 0 aliphatic carbocycles. The molecular weight excluding hydrogens is 370 g/mol. The monoisotopic (exact) mass is 395 g/mol. The van der Waals surface area contributed by atoms with Crippen LogP contribution in [0.2, 0.25) is 0 Å². The molecule has 2 aliphatic rings. The summed E-state index contributed by atoms with van der Waals surface area (Å²) in [7, 11) is 0. The summed E-state index contributed by atoms with van der Waals surface area (Å²) >= 11 is 0. The van der Waals surface area contributed by atoms with Crippen molar-refractivity contribution in [3.8, 4) is 0 Å². The van der Waals surface area contributed by atoms with Gasteiger partial charge in [-0.2, -0.15) is 5.10 Å². The van der Waals surface area contributed by atoms with Crippen molar-refractivity contribution in [3.05, 3.63) is 40.1 Å². The van der Waals surface area contributed by atoms with Gasteiger partial charge < -0.3 is 25.5 Å². The SMILES string of the molecule is O=C(CCc1cc2n(n1)CCNC2)Nc1cc2[nH]c(=O)[nH]c2cc1N1CCCC1. The molecule has 152 valence electrons. The highest BCUT2D eigenvalue weighted by molar-refractivity contribution is 5.98. The lowest BCUT2D eigenvalue weighted by Gasteiger charge is -2.21. The van der Waals surface area contributed by atoms with Crippen LogP contribution in [0, 0.1) is 0 Å². The number of nitrogens with zero attached hydrogens (tertiary/aromatic N) is 3. The van der Waals surface area contributed by atoms with E-state index in [-0.39, 0.29) is 11.6 Å². The van der Waals surface area contributed by atoms with Crippen LogP contribution in [0.5, 0.6) is 0 Å². The van der Waals surface area contributed by atoms with Crippen LogP contribution in [0.3, 0.4) is 0 Å². The van der Waals surface area contributed by atoms with Crippen LogP contribution in [0.4, 0.5) is 11.4 Å². The van der Waals surface area contributed by atoms with E-state index in [1.807, 2.05) is 16.8 Å². The van der Waals surface area contributed by atoms with Gasteiger partial charge >= 0.3 is 5.69 Å². The minimum Gasteiger partial charge on any atom is -0.370 e. The Kier molecular flexibility index (Phi) is 4.59. The van der Waals surface area contributed by atoms with E-state index in [0.29, 0.717) is 18.4 Å². The first-order valence-electron chi connectivity index (χ1n) is 10.2. The van der Waals surface area contributed by atoms with Crippen molar-refractivity contribution in [2.45, 2.75) is 38.8 Å². The number of aromatic nitrogens is 4. The van der Waals surface area contributed by atoms with Gasteiger partial charge in [0, 0.05) is 39.0 Å². The summed E-state index contributed by atoms with van der Waals surface area (Å²) in [6, 6.07) is 5.87. The Hall–Kier alpha value is -3.07. The number of nitrogens with one attached hydrogen (secondary N) is 4. The number of hydrogen-bond acceptors (Lipinski definition) is 5. The topological polar surface area (TPSA) is 111 Å². The maximum absolute atomic E-state index is 12.7. The molecule has 9 heteroatoms. The second-order valence-electron chi connectivity index (χ2n) is 7.76. The number of carbonyl (C=O) groups is 1. The van der Waals surface area contributed by atoms with E-state index in [2.05, 4.69) is 36.7 Å². The van der Waals surface area contributed by atoms with Crippen LogP contribution in [0.15, 0.2) is 23.0 Å². The van der Waals surface area contributed by atoms with Gasteiger partial charge in [0.15, 0.2) is 0 Å². The third-order valence-electron chi connectivity index (χ3n) is 5.68. The summed E-state index contributed by atoms with van der Waals surface area (Å²) in [6.07, 6.45) is 3.24. The Morgan fingerprint density at radius 1 is 1.10 bits per heavy atom. The summed E-state index contributed by atoms with van der Waals surface area (Å²) in [5, 5.41) is 11.0. The number of amides is 1. The van der Waals surface area contributed by atoms with Crippen LogP contribution in [-0.2, 0) is 24.3 Å². The third kappa shape index (κ3) is 3.65. The molecule has 1 saturated heterocycles. The maximum Gasteiger partial charge on any atom is 0.323 e. The third-order valence-corrected chi connectivity index (χ3v) is 5.68. The van der Waals surface area contributed by atoms with Crippen molar-refractivity contribution in [2.24, 2.45) is 0 Å². The molecule has 29 heavy (non-hydrogen) atoms. The minimum absolute atomic E-state index is 0.0493. The quantitative estimate of drug-likeness (QED) is 0.521. The van der Waals surface area contributed by atoms with Crippen LogP contribution in [0.1, 0.15) is 30.7 Å². The fraction of sp³-hybridized carbons (Fsp3) is 0.450. The summed E-state index contributed by atoms with van der Waals surface area (Å²) in [6.45, 7) is 4.54. The van der Waals surface area contributed by atoms with E-state index >= 15 is 0 Å². The molecule has 0 atom stereocenters. The maximum atomic E-state index is 12.7. The largest absolute Gasteiger partial charge is 0.370 e. The Bertz CT molecular complexity index is 1080. The molecule has 4 N–H and O–H groups in total. The number of H-pyrrole nitrogens is 2. The first-order valence-corrected chi connectivity index (χ1v) is 10.2. The number of imidazole rings is 1. The summed E-state index contributed by atoms with van der Waals surface area (Å²) in [4.78, 5) is 32.2. The van der Waals surface area contributed by atoms with Crippen LogP contribution >= 0.6 is 0 Å². The lowest BCUT2D eigenvalue weighted by Crippen LogP contribution is -2.28. The van der Waals surface area contributed by atoms with Crippen molar-refractivity contribution in [1.29, 1.82) is 0 Å². The molecule has 0 saturated carbocycles. The predicted octanol–water partition coefficient (Wildman–Crippen LogP) is 1.33. The van der Waals surface area contributed by atoms with E-state index < -0.39 is 0 Å². The molecule has 9 nitrogen and oxygen atoms in total. The van der Waals surface area contributed by atoms with Gasteiger partial charge in [-0.3, -0.25) is 9.48 Å². The number of fused-ring (bicyclic) bond motifs is 2. The van der Waals surface area contributed by atoms with E-state index in [1.165, 1.54) is 5.69 Å². The molecule has 0 radical (unpaired) electrons. The zero-order chi connectivity index (χ0) is 19.8. The number of hydrogen-bond donors (Lipinski definition) is 4. The average molecular weight is 395 g/mol. The van der Waals surface area contributed by atoms with Crippen molar-refractivity contribution >= 4 is 28.3 Å². The summed E-state index contributed by atoms with van der Waals surface area (Å²) in [5.41, 5.74) is 5.03. The Morgan fingerprint density at radius 2 is 1.90 bits per heavy atom. The average Bonchev–Trinajstić information content (AvgIpc) is 3.44. The molecular formula is C20H25N7O2. The van der Waals surface area contributed by atoms with Gasteiger partial charge in [0.05, 0.1) is 40.3 Å². The molecule has 1 fully saturated rings. The van der Waals surface area contributed by atoms with Gasteiger partial charge in [-0.15, -0.1) is 0 Å². The smallest absolute Gasteiger partial charge is 0.323 e. The highest BCUT2D eigenvalue weighted by Crippen LogP contribution is 2.32. The Morgan fingerprint density at radius 3 is 2.69 bits per heavy atom. The van der Waals surface area contributed by atoms with Crippen LogP contribution in [-0.4, -0.2) is 45.3 Å². The molecule has 4 heterocycles. The zero-order valence-electron chi connectivity index (χ0n) is 16.3. The molecule has 0 spiro atoms. The fourth-order valence-corrected chi connectivity index (χ4v) is 4.22. The second-order valence-corrected chi connectivity index (χ2v) is 7.76. The number of anilines is 2. The highest BCUT2D eigenvalue weighted by atomic mass is 16.1. The molecule has 1 aromatic carbocycles. The number of aromatic amines is 2. The molecule has 0 unspecified atom stereocenters. The van der Waals surface area contributed by atoms with Gasteiger partial charge in [0.2, 0.25) is 5.91 Å². The lowest BCUT2D eigenvalue weighted by molar-refractivity contribution is -0.116. The fourth-order valence-electron chi connectivity index (χ4n) is 4.22. The van der Waals surface area contributed by atoms with Gasteiger partial charge in [-0.25, -0.2) is 4.79 Å². The highest BCUT2D eigenvalue weighted by Gasteiger charge is 2.19. The number of benzene rings is 1. The molecule has 0 bridgehead atoms. The van der Waals surface area contributed by atoms with Gasteiger partial charge in [0.25, 0.3) is 0 Å². The molecule has 3 aromatic rings. The predicted molar refractivity (Wildman–Crippen MR) is 111 cm³/mol. The number of aryl methyl sites for hydroxylation is 1. The van der Waals surface area contributed by atoms with Crippen LogP contribution < -0.4 is 21.2 Å². The number of carbonyl (C=O) groups excluding carboxylic acids is 1. The second kappa shape index (κ2) is 7.40. The van der Waals surface area contributed by atoms with Crippen molar-refractivity contribution < 1.29 is 4.79 Å². The molecule has 1 amide bonds. The van der Waals surface area contributed by atoms with E-state index in [4.69, 9.17) is 0 Å². The normalized spacial score (nSPS) is 16.3.